The van der Waals surface area contributed by atoms with Crippen molar-refractivity contribution >= 4 is 15.8 Å². The Bertz CT molecular complexity index is 854. The molecule has 0 amide bonds. The summed E-state index contributed by atoms with van der Waals surface area (Å²) in [6.45, 7) is 4.39. The Morgan fingerprint density at radius 3 is 2.68 bits per heavy atom. The predicted octanol–water partition coefficient (Wildman–Crippen LogP) is 1.24. The molecule has 1 fully saturated rings. The number of aryl methyl sites for hydroxylation is 1. The van der Waals surface area contributed by atoms with E-state index >= 15 is 0 Å². The Morgan fingerprint density at radius 1 is 1.24 bits per heavy atom. The van der Waals surface area contributed by atoms with Gasteiger partial charge in [-0.05, 0) is 19.1 Å². The lowest BCUT2D eigenvalue weighted by Crippen LogP contribution is -2.37. The number of ether oxygens (including phenoxy) is 1. The third-order valence-corrected chi connectivity index (χ3v) is 5.20. The van der Waals surface area contributed by atoms with Gasteiger partial charge in [0.2, 0.25) is 10.0 Å². The number of benzene rings is 1. The predicted molar refractivity (Wildman–Crippen MR) is 90.2 cm³/mol. The van der Waals surface area contributed by atoms with Crippen LogP contribution in [-0.2, 0) is 21.3 Å². The molecule has 7 nitrogen and oxygen atoms in total. The summed E-state index contributed by atoms with van der Waals surface area (Å²) in [5, 5.41) is 0. The molecule has 1 aromatic heterocycles. The third kappa shape index (κ3) is 4.30. The van der Waals surface area contributed by atoms with Crippen molar-refractivity contribution in [2.45, 2.75) is 18.4 Å². The van der Waals surface area contributed by atoms with E-state index < -0.39 is 20.7 Å². The van der Waals surface area contributed by atoms with Gasteiger partial charge in [0.1, 0.15) is 22.4 Å². The Labute approximate surface area is 145 Å². The highest BCUT2D eigenvalue weighted by Gasteiger charge is 2.19. The summed E-state index contributed by atoms with van der Waals surface area (Å²) in [7, 11) is -3.98. The first-order valence-electron chi connectivity index (χ1n) is 7.87. The summed E-state index contributed by atoms with van der Waals surface area (Å²) in [5.41, 5.74) is 0.733. The summed E-state index contributed by atoms with van der Waals surface area (Å²) in [5.74, 6) is 0.270. The molecule has 25 heavy (non-hydrogen) atoms. The van der Waals surface area contributed by atoms with E-state index in [0.717, 1.165) is 30.7 Å². The minimum Gasteiger partial charge on any atom is -0.378 e. The van der Waals surface area contributed by atoms with Gasteiger partial charge in [0, 0.05) is 24.8 Å². The highest BCUT2D eigenvalue weighted by atomic mass is 32.2. The van der Waals surface area contributed by atoms with Crippen LogP contribution in [0.5, 0.6) is 0 Å². The summed E-state index contributed by atoms with van der Waals surface area (Å²) < 4.78 is 45.9. The zero-order valence-corrected chi connectivity index (χ0v) is 14.6. The van der Waals surface area contributed by atoms with Gasteiger partial charge in [-0.3, -0.25) is 0 Å². The smallest absolute Gasteiger partial charge is 0.243 e. The number of hydrogen-bond acceptors (Lipinski definition) is 6. The first kappa shape index (κ1) is 17.7. The fraction of sp³-hybridized carbons (Fsp3) is 0.375. The molecule has 0 saturated carbocycles. The molecule has 1 aromatic carbocycles. The van der Waals surface area contributed by atoms with Crippen molar-refractivity contribution in [3.8, 4) is 0 Å². The van der Waals surface area contributed by atoms with Crippen molar-refractivity contribution in [2.24, 2.45) is 0 Å². The van der Waals surface area contributed by atoms with Crippen LogP contribution in [0.4, 0.5) is 10.2 Å². The van der Waals surface area contributed by atoms with Crippen LogP contribution in [0.3, 0.4) is 0 Å². The van der Waals surface area contributed by atoms with E-state index in [1.807, 2.05) is 13.0 Å². The molecule has 1 N–H and O–H groups in total. The molecule has 9 heteroatoms. The highest BCUT2D eigenvalue weighted by molar-refractivity contribution is 7.89. The topological polar surface area (TPSA) is 84.4 Å². The quantitative estimate of drug-likeness (QED) is 0.857. The zero-order valence-electron chi connectivity index (χ0n) is 13.8. The lowest BCUT2D eigenvalue weighted by atomic mass is 10.3. The molecule has 1 saturated heterocycles. The lowest BCUT2D eigenvalue weighted by Gasteiger charge is -2.28. The van der Waals surface area contributed by atoms with Gasteiger partial charge in [0.25, 0.3) is 0 Å². The Hall–Kier alpha value is -2.10. The summed E-state index contributed by atoms with van der Waals surface area (Å²) in [6.07, 6.45) is 0. The molecule has 0 atom stereocenters. The lowest BCUT2D eigenvalue weighted by molar-refractivity contribution is 0.122. The molecule has 2 heterocycles. The van der Waals surface area contributed by atoms with E-state index in [1.54, 1.807) is 0 Å². The van der Waals surface area contributed by atoms with Gasteiger partial charge in [0.05, 0.1) is 19.8 Å². The number of halogens is 1. The monoisotopic (exact) mass is 366 g/mol. The molecule has 0 aliphatic carbocycles. The fourth-order valence-electron chi connectivity index (χ4n) is 2.55. The van der Waals surface area contributed by atoms with E-state index in [9.17, 15) is 12.8 Å². The van der Waals surface area contributed by atoms with E-state index in [1.165, 1.54) is 18.2 Å². The average Bonchev–Trinajstić information content (AvgIpc) is 2.61. The van der Waals surface area contributed by atoms with Crippen molar-refractivity contribution < 1.29 is 17.5 Å². The summed E-state index contributed by atoms with van der Waals surface area (Å²) in [6, 6.07) is 7.08. The maximum Gasteiger partial charge on any atom is 0.243 e. The van der Waals surface area contributed by atoms with Gasteiger partial charge in [-0.1, -0.05) is 12.1 Å². The third-order valence-electron chi connectivity index (χ3n) is 3.77. The van der Waals surface area contributed by atoms with Crippen LogP contribution in [0, 0.1) is 12.7 Å². The van der Waals surface area contributed by atoms with Gasteiger partial charge in [-0.2, -0.15) is 0 Å². The second kappa shape index (κ2) is 7.42. The Balaban J connectivity index is 1.77. The van der Waals surface area contributed by atoms with E-state index in [-0.39, 0.29) is 6.54 Å². The summed E-state index contributed by atoms with van der Waals surface area (Å²) >= 11 is 0. The molecule has 3 rings (SSSR count). The zero-order chi connectivity index (χ0) is 17.9. The number of sulfonamides is 1. The average molecular weight is 366 g/mol. The molecule has 1 aliphatic rings. The van der Waals surface area contributed by atoms with Gasteiger partial charge in [-0.15, -0.1) is 0 Å². The van der Waals surface area contributed by atoms with Crippen LogP contribution in [0.15, 0.2) is 35.2 Å². The number of morpholine rings is 1. The van der Waals surface area contributed by atoms with Crippen LogP contribution < -0.4 is 9.62 Å². The minimum absolute atomic E-state index is 0.115. The van der Waals surface area contributed by atoms with Gasteiger partial charge < -0.3 is 9.64 Å². The minimum atomic E-state index is -3.98. The van der Waals surface area contributed by atoms with Crippen LogP contribution in [0.2, 0.25) is 0 Å². The Kier molecular flexibility index (Phi) is 5.26. The largest absolute Gasteiger partial charge is 0.378 e. The number of anilines is 1. The number of hydrogen-bond donors (Lipinski definition) is 1. The first-order chi connectivity index (χ1) is 12.0. The van der Waals surface area contributed by atoms with Crippen LogP contribution in [0.1, 0.15) is 11.5 Å². The number of aromatic nitrogens is 2. The highest BCUT2D eigenvalue weighted by Crippen LogP contribution is 2.16. The molecule has 0 spiro atoms. The van der Waals surface area contributed by atoms with E-state index in [0.29, 0.717) is 19.0 Å². The summed E-state index contributed by atoms with van der Waals surface area (Å²) in [4.78, 5) is 10.3. The molecule has 1 aliphatic heterocycles. The van der Waals surface area contributed by atoms with Crippen LogP contribution in [-0.4, -0.2) is 44.7 Å². The maximum absolute atomic E-state index is 13.7. The molecular weight excluding hydrogens is 347 g/mol. The normalized spacial score (nSPS) is 15.4. The molecule has 0 unspecified atom stereocenters. The van der Waals surface area contributed by atoms with Crippen LogP contribution >= 0.6 is 0 Å². The molecule has 0 radical (unpaired) electrons. The molecule has 2 aromatic rings. The fourth-order valence-corrected chi connectivity index (χ4v) is 3.60. The SMILES string of the molecule is Cc1cc(N2CCOCC2)nc(CNS(=O)(=O)c2ccccc2F)n1. The van der Waals surface area contributed by atoms with E-state index in [2.05, 4.69) is 19.6 Å². The molecule has 134 valence electrons. The van der Waals surface area contributed by atoms with Crippen molar-refractivity contribution in [3.63, 3.8) is 0 Å². The van der Waals surface area contributed by atoms with Crippen molar-refractivity contribution in [2.75, 3.05) is 31.2 Å². The molecule has 0 bridgehead atoms. The van der Waals surface area contributed by atoms with Gasteiger partial charge >= 0.3 is 0 Å². The first-order valence-corrected chi connectivity index (χ1v) is 9.35. The van der Waals surface area contributed by atoms with Crippen molar-refractivity contribution in [1.29, 1.82) is 0 Å². The maximum atomic E-state index is 13.7. The Morgan fingerprint density at radius 2 is 1.96 bits per heavy atom. The van der Waals surface area contributed by atoms with Gasteiger partial charge in [-0.25, -0.2) is 27.5 Å². The number of nitrogens with one attached hydrogen (secondary N) is 1. The second-order valence-electron chi connectivity index (χ2n) is 5.64. The van der Waals surface area contributed by atoms with Gasteiger partial charge in [0.15, 0.2) is 0 Å². The van der Waals surface area contributed by atoms with Crippen LogP contribution in [0.25, 0.3) is 0 Å². The van der Waals surface area contributed by atoms with Crippen molar-refractivity contribution in [3.05, 3.63) is 47.7 Å². The van der Waals surface area contributed by atoms with E-state index in [4.69, 9.17) is 4.74 Å². The molecular formula is C16H19FN4O3S. The van der Waals surface area contributed by atoms with Crippen molar-refractivity contribution in [1.82, 2.24) is 14.7 Å². The standard InChI is InChI=1S/C16H19FN4O3S/c1-12-10-16(21-6-8-24-9-7-21)20-15(19-12)11-18-25(22,23)14-5-3-2-4-13(14)17/h2-5,10,18H,6-9,11H2,1H3. The second-order valence-corrected chi connectivity index (χ2v) is 7.37. The number of nitrogens with zero attached hydrogens (tertiary/aromatic N) is 3. The number of rotatable bonds is 5.